The molecular formula is C19H13N3O6. The predicted octanol–water partition coefficient (Wildman–Crippen LogP) is 2.51. The van der Waals surface area contributed by atoms with Gasteiger partial charge in [-0.3, -0.25) is 19.7 Å². The van der Waals surface area contributed by atoms with E-state index in [1.807, 2.05) is 0 Å². The number of aryl methyl sites for hydroxylation is 1. The zero-order chi connectivity index (χ0) is 20.2. The molecule has 28 heavy (non-hydrogen) atoms. The quantitative estimate of drug-likeness (QED) is 0.424. The van der Waals surface area contributed by atoms with E-state index in [-0.39, 0.29) is 28.9 Å². The van der Waals surface area contributed by atoms with Crippen molar-refractivity contribution in [3.05, 3.63) is 69.4 Å². The number of nitro benzene ring substituents is 1. The number of imide groups is 1. The number of benzene rings is 2. The van der Waals surface area contributed by atoms with Crippen LogP contribution in [0.2, 0.25) is 0 Å². The Morgan fingerprint density at radius 1 is 1.18 bits per heavy atom. The van der Waals surface area contributed by atoms with Gasteiger partial charge in [0.1, 0.15) is 0 Å². The lowest BCUT2D eigenvalue weighted by atomic mass is 9.97. The first-order valence-corrected chi connectivity index (χ1v) is 8.26. The number of nitrogens with zero attached hydrogens (tertiary/aromatic N) is 3. The van der Waals surface area contributed by atoms with Crippen LogP contribution in [-0.2, 0) is 18.3 Å². The van der Waals surface area contributed by atoms with Crippen LogP contribution in [0.25, 0.3) is 10.9 Å². The Morgan fingerprint density at radius 3 is 2.57 bits per heavy atom. The average Bonchev–Trinajstić information content (AvgIpc) is 2.94. The lowest BCUT2D eigenvalue weighted by Gasteiger charge is -2.27. The SMILES string of the molecule is Cn1c(C(=O)O)c(N2C(=O)Cc3ccccc3C2=O)c2cc([N+](=O)[O-])ccc21. The number of carbonyl (C=O) groups excluding carboxylic acids is 2. The van der Waals surface area contributed by atoms with E-state index in [0.717, 1.165) is 4.90 Å². The number of carboxylic acid groups (broad SMARTS) is 1. The number of anilines is 1. The van der Waals surface area contributed by atoms with Crippen LogP contribution in [0.1, 0.15) is 26.4 Å². The minimum atomic E-state index is -1.35. The third-order valence-corrected chi connectivity index (χ3v) is 4.84. The standard InChI is InChI=1S/C19H13N3O6/c1-20-14-7-6-11(22(27)28)9-13(14)16(17(20)19(25)26)21-15(23)8-10-4-2-3-5-12(10)18(21)24/h2-7,9H,8H2,1H3,(H,25,26). The second-order valence-corrected chi connectivity index (χ2v) is 6.39. The number of aromatic carboxylic acids is 1. The van der Waals surface area contributed by atoms with Gasteiger partial charge in [-0.1, -0.05) is 18.2 Å². The zero-order valence-corrected chi connectivity index (χ0v) is 14.6. The van der Waals surface area contributed by atoms with Crippen LogP contribution in [0.4, 0.5) is 11.4 Å². The molecule has 2 heterocycles. The van der Waals surface area contributed by atoms with Gasteiger partial charge in [-0.15, -0.1) is 0 Å². The molecule has 9 heteroatoms. The Balaban J connectivity index is 2.05. The highest BCUT2D eigenvalue weighted by Crippen LogP contribution is 2.38. The third-order valence-electron chi connectivity index (χ3n) is 4.84. The summed E-state index contributed by atoms with van der Waals surface area (Å²) in [4.78, 5) is 49.1. The molecule has 2 aromatic carbocycles. The van der Waals surface area contributed by atoms with Crippen molar-refractivity contribution in [1.82, 2.24) is 4.57 Å². The summed E-state index contributed by atoms with van der Waals surface area (Å²) in [6.45, 7) is 0. The normalized spacial score (nSPS) is 13.7. The summed E-state index contributed by atoms with van der Waals surface area (Å²) >= 11 is 0. The van der Waals surface area contributed by atoms with E-state index in [0.29, 0.717) is 16.6 Å². The number of rotatable bonds is 3. The predicted molar refractivity (Wildman–Crippen MR) is 98.5 cm³/mol. The molecule has 1 N–H and O–H groups in total. The number of fused-ring (bicyclic) bond motifs is 2. The number of hydrogen-bond donors (Lipinski definition) is 1. The molecule has 0 bridgehead atoms. The van der Waals surface area contributed by atoms with Crippen LogP contribution in [0.15, 0.2) is 42.5 Å². The molecule has 0 aliphatic carbocycles. The van der Waals surface area contributed by atoms with E-state index in [9.17, 15) is 29.6 Å². The van der Waals surface area contributed by atoms with Gasteiger partial charge in [0.05, 0.1) is 22.5 Å². The fourth-order valence-corrected chi connectivity index (χ4v) is 3.58. The Hall–Kier alpha value is -4.01. The molecule has 2 amide bonds. The highest BCUT2D eigenvalue weighted by molar-refractivity contribution is 6.29. The van der Waals surface area contributed by atoms with Crippen LogP contribution < -0.4 is 4.90 Å². The van der Waals surface area contributed by atoms with E-state index < -0.39 is 22.7 Å². The van der Waals surface area contributed by atoms with Crippen molar-refractivity contribution >= 4 is 40.1 Å². The maximum atomic E-state index is 13.0. The van der Waals surface area contributed by atoms with Gasteiger partial charge in [0.2, 0.25) is 5.91 Å². The van der Waals surface area contributed by atoms with Gasteiger partial charge in [0.15, 0.2) is 5.69 Å². The van der Waals surface area contributed by atoms with Crippen molar-refractivity contribution in [2.45, 2.75) is 6.42 Å². The van der Waals surface area contributed by atoms with E-state index in [1.54, 1.807) is 24.3 Å². The first-order valence-electron chi connectivity index (χ1n) is 8.26. The van der Waals surface area contributed by atoms with E-state index in [4.69, 9.17) is 0 Å². The molecule has 1 aliphatic heterocycles. The molecular weight excluding hydrogens is 366 g/mol. The van der Waals surface area contributed by atoms with Crippen LogP contribution in [0.3, 0.4) is 0 Å². The maximum absolute atomic E-state index is 13.0. The third kappa shape index (κ3) is 2.37. The number of aromatic nitrogens is 1. The monoisotopic (exact) mass is 379 g/mol. The molecule has 140 valence electrons. The summed E-state index contributed by atoms with van der Waals surface area (Å²) in [5.41, 5.74) is 0.485. The van der Waals surface area contributed by atoms with E-state index in [1.165, 1.54) is 29.8 Å². The minimum absolute atomic E-state index is 0.0771. The Morgan fingerprint density at radius 2 is 1.89 bits per heavy atom. The van der Waals surface area contributed by atoms with Crippen LogP contribution >= 0.6 is 0 Å². The number of carboxylic acids is 1. The lowest BCUT2D eigenvalue weighted by molar-refractivity contribution is -0.384. The molecule has 0 radical (unpaired) electrons. The largest absolute Gasteiger partial charge is 0.477 e. The molecule has 0 saturated heterocycles. The summed E-state index contributed by atoms with van der Waals surface area (Å²) in [5.74, 6) is -2.60. The summed E-state index contributed by atoms with van der Waals surface area (Å²) in [5, 5.41) is 21.1. The average molecular weight is 379 g/mol. The number of hydrogen-bond acceptors (Lipinski definition) is 5. The maximum Gasteiger partial charge on any atom is 0.354 e. The summed E-state index contributed by atoms with van der Waals surface area (Å²) in [6.07, 6.45) is -0.0771. The van der Waals surface area contributed by atoms with Crippen LogP contribution in [0, 0.1) is 10.1 Å². The van der Waals surface area contributed by atoms with Crippen LogP contribution in [-0.4, -0.2) is 32.4 Å². The molecule has 4 rings (SSSR count). The molecule has 0 saturated carbocycles. The Kier molecular flexibility index (Phi) is 3.74. The smallest absolute Gasteiger partial charge is 0.354 e. The van der Waals surface area contributed by atoms with Gasteiger partial charge in [-0.2, -0.15) is 0 Å². The number of non-ortho nitro benzene ring substituents is 1. The van der Waals surface area contributed by atoms with Gasteiger partial charge in [-0.05, 0) is 17.7 Å². The van der Waals surface area contributed by atoms with E-state index in [2.05, 4.69) is 0 Å². The minimum Gasteiger partial charge on any atom is -0.477 e. The molecule has 1 aliphatic rings. The molecule has 9 nitrogen and oxygen atoms in total. The number of carbonyl (C=O) groups is 3. The Labute approximate surface area is 157 Å². The first-order chi connectivity index (χ1) is 13.3. The summed E-state index contributed by atoms with van der Waals surface area (Å²) < 4.78 is 1.30. The Bertz CT molecular complexity index is 1210. The molecule has 0 spiro atoms. The van der Waals surface area contributed by atoms with Gasteiger partial charge in [0.25, 0.3) is 11.6 Å². The highest BCUT2D eigenvalue weighted by Gasteiger charge is 2.37. The second-order valence-electron chi connectivity index (χ2n) is 6.39. The summed E-state index contributed by atoms with van der Waals surface area (Å²) in [6, 6.07) is 10.4. The number of amides is 2. The van der Waals surface area contributed by atoms with Gasteiger partial charge in [-0.25, -0.2) is 9.69 Å². The van der Waals surface area contributed by atoms with Crippen molar-refractivity contribution in [3.8, 4) is 0 Å². The second kappa shape index (κ2) is 6.02. The number of nitro groups is 1. The highest BCUT2D eigenvalue weighted by atomic mass is 16.6. The van der Waals surface area contributed by atoms with Crippen molar-refractivity contribution < 1.29 is 24.4 Å². The van der Waals surface area contributed by atoms with Gasteiger partial charge < -0.3 is 9.67 Å². The first kappa shape index (κ1) is 17.4. The zero-order valence-electron chi connectivity index (χ0n) is 14.6. The van der Waals surface area contributed by atoms with Gasteiger partial charge >= 0.3 is 5.97 Å². The van der Waals surface area contributed by atoms with Crippen molar-refractivity contribution in [2.24, 2.45) is 7.05 Å². The molecule has 3 aromatic rings. The molecule has 0 unspecified atom stereocenters. The van der Waals surface area contributed by atoms with Crippen molar-refractivity contribution in [3.63, 3.8) is 0 Å². The van der Waals surface area contributed by atoms with Crippen LogP contribution in [0.5, 0.6) is 0 Å². The van der Waals surface area contributed by atoms with Crippen molar-refractivity contribution in [2.75, 3.05) is 4.90 Å². The molecule has 0 fully saturated rings. The fraction of sp³-hybridized carbons (Fsp3) is 0.105. The van der Waals surface area contributed by atoms with Crippen molar-refractivity contribution in [1.29, 1.82) is 0 Å². The molecule has 1 aromatic heterocycles. The lowest BCUT2D eigenvalue weighted by Crippen LogP contribution is -2.43. The fourth-order valence-electron chi connectivity index (χ4n) is 3.58. The van der Waals surface area contributed by atoms with E-state index >= 15 is 0 Å². The summed E-state index contributed by atoms with van der Waals surface area (Å²) in [7, 11) is 1.47. The molecule has 0 atom stereocenters. The topological polar surface area (TPSA) is 123 Å². The van der Waals surface area contributed by atoms with Gasteiger partial charge in [0, 0.05) is 30.1 Å².